The number of nitrogens with zero attached hydrogens (tertiary/aromatic N) is 1. The highest BCUT2D eigenvalue weighted by molar-refractivity contribution is 7.90. The minimum Gasteiger partial charge on any atom is -0.465 e. The molecule has 0 aromatic carbocycles. The van der Waals surface area contributed by atoms with Crippen LogP contribution in [0, 0.1) is 0 Å². The summed E-state index contributed by atoms with van der Waals surface area (Å²) in [5.41, 5.74) is 0. The van der Waals surface area contributed by atoms with Crippen molar-refractivity contribution in [3.63, 3.8) is 0 Å². The molecule has 0 atom stereocenters. The SMILES string of the molecule is CCOC(=O)CN(CC)S(=O)(=O)C1CC1. The summed E-state index contributed by atoms with van der Waals surface area (Å²) in [6.45, 7) is 3.85. The van der Waals surface area contributed by atoms with Gasteiger partial charge in [0.2, 0.25) is 10.0 Å². The minimum atomic E-state index is -3.26. The maximum Gasteiger partial charge on any atom is 0.321 e. The van der Waals surface area contributed by atoms with Gasteiger partial charge in [0.25, 0.3) is 0 Å². The zero-order chi connectivity index (χ0) is 11.5. The van der Waals surface area contributed by atoms with Gasteiger partial charge in [0.15, 0.2) is 0 Å². The number of rotatable bonds is 6. The lowest BCUT2D eigenvalue weighted by Crippen LogP contribution is -2.38. The highest BCUT2D eigenvalue weighted by atomic mass is 32.2. The van der Waals surface area contributed by atoms with Gasteiger partial charge in [-0.3, -0.25) is 4.79 Å². The van der Waals surface area contributed by atoms with Gasteiger partial charge in [0.1, 0.15) is 6.54 Å². The van der Waals surface area contributed by atoms with E-state index in [2.05, 4.69) is 0 Å². The van der Waals surface area contributed by atoms with Crippen molar-refractivity contribution in [2.24, 2.45) is 0 Å². The molecule has 0 unspecified atom stereocenters. The second-order valence-corrected chi connectivity index (χ2v) is 5.69. The molecule has 0 heterocycles. The summed E-state index contributed by atoms with van der Waals surface area (Å²) in [4.78, 5) is 11.2. The average molecular weight is 235 g/mol. The van der Waals surface area contributed by atoms with Gasteiger partial charge in [-0.25, -0.2) is 8.42 Å². The summed E-state index contributed by atoms with van der Waals surface area (Å²) < 4.78 is 29.5. The first-order valence-corrected chi connectivity index (χ1v) is 6.67. The van der Waals surface area contributed by atoms with Crippen LogP contribution in [0.2, 0.25) is 0 Å². The number of esters is 1. The zero-order valence-electron chi connectivity index (χ0n) is 9.10. The molecular weight excluding hydrogens is 218 g/mol. The van der Waals surface area contributed by atoms with Gasteiger partial charge in [-0.2, -0.15) is 4.31 Å². The maximum absolute atomic E-state index is 11.8. The van der Waals surface area contributed by atoms with Gasteiger partial charge in [-0.05, 0) is 19.8 Å². The number of sulfonamides is 1. The predicted molar refractivity (Wildman–Crippen MR) is 55.8 cm³/mol. The van der Waals surface area contributed by atoms with E-state index in [1.54, 1.807) is 13.8 Å². The predicted octanol–water partition coefficient (Wildman–Crippen LogP) is 0.364. The summed E-state index contributed by atoms with van der Waals surface area (Å²) in [6.07, 6.45) is 1.42. The molecule has 1 rings (SSSR count). The summed E-state index contributed by atoms with van der Waals surface area (Å²) in [5, 5.41) is -0.271. The van der Waals surface area contributed by atoms with Crippen LogP contribution < -0.4 is 0 Å². The number of hydrogen-bond donors (Lipinski definition) is 0. The van der Waals surface area contributed by atoms with Crippen LogP contribution in [0.3, 0.4) is 0 Å². The topological polar surface area (TPSA) is 63.7 Å². The third-order valence-corrected chi connectivity index (χ3v) is 4.69. The van der Waals surface area contributed by atoms with Crippen LogP contribution in [0.25, 0.3) is 0 Å². The third kappa shape index (κ3) is 3.17. The van der Waals surface area contributed by atoms with E-state index in [0.717, 1.165) is 0 Å². The molecule has 0 aromatic heterocycles. The van der Waals surface area contributed by atoms with Gasteiger partial charge in [-0.15, -0.1) is 0 Å². The first-order valence-electron chi connectivity index (χ1n) is 5.17. The summed E-state index contributed by atoms with van der Waals surface area (Å²) in [7, 11) is -3.26. The molecule has 5 nitrogen and oxygen atoms in total. The Kier molecular flexibility index (Phi) is 4.10. The molecule has 0 bridgehead atoms. The Morgan fingerprint density at radius 2 is 2.00 bits per heavy atom. The molecule has 15 heavy (non-hydrogen) atoms. The Labute approximate surface area is 90.4 Å². The Balaban J connectivity index is 2.59. The van der Waals surface area contributed by atoms with Gasteiger partial charge in [0, 0.05) is 6.54 Å². The van der Waals surface area contributed by atoms with E-state index in [4.69, 9.17) is 4.74 Å². The molecule has 88 valence electrons. The van der Waals surface area contributed by atoms with Crippen LogP contribution in [0.4, 0.5) is 0 Å². The third-order valence-electron chi connectivity index (χ3n) is 2.27. The summed E-state index contributed by atoms with van der Waals surface area (Å²) in [6, 6.07) is 0. The Hall–Kier alpha value is -0.620. The highest BCUT2D eigenvalue weighted by Gasteiger charge is 2.40. The number of ether oxygens (including phenoxy) is 1. The largest absolute Gasteiger partial charge is 0.465 e. The van der Waals surface area contributed by atoms with Gasteiger partial charge in [0.05, 0.1) is 11.9 Å². The van der Waals surface area contributed by atoms with E-state index in [1.807, 2.05) is 0 Å². The molecule has 1 aliphatic carbocycles. The lowest BCUT2D eigenvalue weighted by Gasteiger charge is -2.18. The molecular formula is C9H17NO4S. The lowest BCUT2D eigenvalue weighted by molar-refractivity contribution is -0.143. The van der Waals surface area contributed by atoms with Crippen molar-refractivity contribution < 1.29 is 17.9 Å². The van der Waals surface area contributed by atoms with E-state index in [9.17, 15) is 13.2 Å². The molecule has 0 N–H and O–H groups in total. The van der Waals surface area contributed by atoms with Crippen LogP contribution in [0.5, 0.6) is 0 Å². The minimum absolute atomic E-state index is 0.164. The van der Waals surface area contributed by atoms with E-state index in [0.29, 0.717) is 19.4 Å². The molecule has 0 amide bonds. The molecule has 0 saturated heterocycles. The fraction of sp³-hybridized carbons (Fsp3) is 0.889. The van der Waals surface area contributed by atoms with Gasteiger partial charge >= 0.3 is 5.97 Å². The van der Waals surface area contributed by atoms with Crippen LogP contribution in [0.1, 0.15) is 26.7 Å². The monoisotopic (exact) mass is 235 g/mol. The van der Waals surface area contributed by atoms with Crippen LogP contribution in [-0.2, 0) is 19.6 Å². The van der Waals surface area contributed by atoms with E-state index in [-0.39, 0.29) is 18.4 Å². The second kappa shape index (κ2) is 4.94. The van der Waals surface area contributed by atoms with Crippen molar-refractivity contribution in [2.75, 3.05) is 19.7 Å². The maximum atomic E-state index is 11.8. The Bertz CT molecular complexity index is 321. The van der Waals surface area contributed by atoms with Crippen molar-refractivity contribution in [1.29, 1.82) is 0 Å². The molecule has 6 heteroatoms. The molecule has 0 aliphatic heterocycles. The summed E-state index contributed by atoms with van der Waals surface area (Å²) >= 11 is 0. The van der Waals surface area contributed by atoms with Crippen molar-refractivity contribution in [3.05, 3.63) is 0 Å². The van der Waals surface area contributed by atoms with Crippen LogP contribution >= 0.6 is 0 Å². The second-order valence-electron chi connectivity index (χ2n) is 3.48. The average Bonchev–Trinajstić information content (AvgIpc) is 2.97. The highest BCUT2D eigenvalue weighted by Crippen LogP contribution is 2.30. The van der Waals surface area contributed by atoms with Gasteiger partial charge < -0.3 is 4.74 Å². The Morgan fingerprint density at radius 3 is 2.40 bits per heavy atom. The summed E-state index contributed by atoms with van der Waals surface area (Å²) in [5.74, 6) is -0.483. The van der Waals surface area contributed by atoms with Crippen molar-refractivity contribution >= 4 is 16.0 Å². The fourth-order valence-corrected chi connectivity index (χ4v) is 3.11. The molecule has 0 spiro atoms. The van der Waals surface area contributed by atoms with E-state index < -0.39 is 16.0 Å². The Morgan fingerprint density at radius 1 is 1.40 bits per heavy atom. The number of hydrogen-bond acceptors (Lipinski definition) is 4. The number of carbonyl (C=O) groups excluding carboxylic acids is 1. The molecule has 1 saturated carbocycles. The van der Waals surface area contributed by atoms with E-state index >= 15 is 0 Å². The standard InChI is InChI=1S/C9H17NO4S/c1-3-10(7-9(11)14-4-2)15(12,13)8-5-6-8/h8H,3-7H2,1-2H3. The van der Waals surface area contributed by atoms with E-state index in [1.165, 1.54) is 4.31 Å². The normalized spacial score (nSPS) is 16.7. The first kappa shape index (κ1) is 12.4. The zero-order valence-corrected chi connectivity index (χ0v) is 9.92. The molecule has 0 radical (unpaired) electrons. The molecule has 1 fully saturated rings. The molecule has 0 aromatic rings. The van der Waals surface area contributed by atoms with Gasteiger partial charge in [-0.1, -0.05) is 6.92 Å². The van der Waals surface area contributed by atoms with Crippen molar-refractivity contribution in [2.45, 2.75) is 31.9 Å². The van der Waals surface area contributed by atoms with Crippen molar-refractivity contribution in [1.82, 2.24) is 4.31 Å². The molecule has 1 aliphatic rings. The fourth-order valence-electron chi connectivity index (χ4n) is 1.31. The van der Waals surface area contributed by atoms with Crippen LogP contribution in [-0.4, -0.2) is 43.6 Å². The van der Waals surface area contributed by atoms with Crippen molar-refractivity contribution in [3.8, 4) is 0 Å². The quantitative estimate of drug-likeness (QED) is 0.624. The van der Waals surface area contributed by atoms with Crippen LogP contribution in [0.15, 0.2) is 0 Å². The number of carbonyl (C=O) groups is 1. The lowest BCUT2D eigenvalue weighted by atomic mass is 10.6. The number of likely N-dealkylation sites (N-methyl/N-ethyl adjacent to an activating group) is 1. The first-order chi connectivity index (χ1) is 7.02. The smallest absolute Gasteiger partial charge is 0.321 e.